The van der Waals surface area contributed by atoms with Crippen molar-refractivity contribution in [1.29, 1.82) is 0 Å². The third-order valence-corrected chi connectivity index (χ3v) is 3.12. The second-order valence-corrected chi connectivity index (χ2v) is 4.64. The molecule has 1 aromatic carbocycles. The summed E-state index contributed by atoms with van der Waals surface area (Å²) in [5.41, 5.74) is 1.79. The zero-order valence-corrected chi connectivity index (χ0v) is 11.3. The summed E-state index contributed by atoms with van der Waals surface area (Å²) in [5, 5.41) is 8.63. The molecule has 0 bridgehead atoms. The minimum atomic E-state index is -0.234. The molecule has 0 radical (unpaired) electrons. The highest BCUT2D eigenvalue weighted by atomic mass is 16.2. The molecule has 2 amide bonds. The van der Waals surface area contributed by atoms with E-state index >= 15 is 0 Å². The van der Waals surface area contributed by atoms with Gasteiger partial charge in [0, 0.05) is 18.7 Å². The zero-order chi connectivity index (χ0) is 14.2. The van der Waals surface area contributed by atoms with Crippen LogP contribution < -0.4 is 16.0 Å². The molecule has 0 aliphatic carbocycles. The smallest absolute Gasteiger partial charge is 0.251 e. The van der Waals surface area contributed by atoms with E-state index in [0.717, 1.165) is 19.5 Å². The predicted octanol–water partition coefficient (Wildman–Crippen LogP) is 0.452. The number of carbonyl (C=O) groups is 2. The van der Waals surface area contributed by atoms with Gasteiger partial charge >= 0.3 is 0 Å². The van der Waals surface area contributed by atoms with Crippen molar-refractivity contribution in [3.8, 4) is 0 Å². The Kier molecular flexibility index (Phi) is 5.32. The minimum Gasteiger partial charge on any atom is -0.351 e. The summed E-state index contributed by atoms with van der Waals surface area (Å²) in [6.45, 7) is 2.36. The molecule has 106 valence electrons. The molecule has 0 aromatic heterocycles. The predicted molar refractivity (Wildman–Crippen MR) is 77.4 cm³/mol. The van der Waals surface area contributed by atoms with E-state index in [4.69, 9.17) is 0 Å². The van der Waals surface area contributed by atoms with E-state index in [9.17, 15) is 9.59 Å². The number of hydrogen-bond donors (Lipinski definition) is 3. The molecule has 1 aromatic rings. The molecule has 1 heterocycles. The molecule has 5 nitrogen and oxygen atoms in total. The van der Waals surface area contributed by atoms with E-state index in [2.05, 4.69) is 22.0 Å². The fourth-order valence-corrected chi connectivity index (χ4v) is 1.96. The number of rotatable bonds is 5. The minimum absolute atomic E-state index is 0.000736. The molecule has 0 fully saturated rings. The Morgan fingerprint density at radius 1 is 1.15 bits per heavy atom. The molecule has 0 saturated heterocycles. The van der Waals surface area contributed by atoms with Crippen molar-refractivity contribution in [2.45, 2.75) is 6.42 Å². The standard InChI is InChI=1S/C15H19N3O2/c19-14(17-10-12-6-8-16-9-7-12)11-18-15(20)13-4-2-1-3-5-13/h1-6,16H,7-11H2,(H,17,19)(H,18,20). The van der Waals surface area contributed by atoms with Crippen LogP contribution in [0.5, 0.6) is 0 Å². The SMILES string of the molecule is O=C(CNC(=O)c1ccccc1)NCC1=CCNCC1. The van der Waals surface area contributed by atoms with Crippen LogP contribution >= 0.6 is 0 Å². The summed E-state index contributed by atoms with van der Waals surface area (Å²) < 4.78 is 0. The highest BCUT2D eigenvalue weighted by Gasteiger charge is 2.08. The molecule has 3 N–H and O–H groups in total. The van der Waals surface area contributed by atoms with Crippen molar-refractivity contribution in [3.05, 3.63) is 47.5 Å². The van der Waals surface area contributed by atoms with Crippen molar-refractivity contribution in [2.24, 2.45) is 0 Å². The topological polar surface area (TPSA) is 70.2 Å². The van der Waals surface area contributed by atoms with E-state index in [1.54, 1.807) is 24.3 Å². The van der Waals surface area contributed by atoms with Gasteiger partial charge in [-0.1, -0.05) is 29.8 Å². The van der Waals surface area contributed by atoms with Gasteiger partial charge in [0.2, 0.25) is 5.91 Å². The van der Waals surface area contributed by atoms with Crippen molar-refractivity contribution in [1.82, 2.24) is 16.0 Å². The summed E-state index contributed by atoms with van der Waals surface area (Å²) >= 11 is 0. The van der Waals surface area contributed by atoms with Crippen molar-refractivity contribution < 1.29 is 9.59 Å². The van der Waals surface area contributed by atoms with Gasteiger partial charge in [-0.15, -0.1) is 0 Å². The Morgan fingerprint density at radius 2 is 1.95 bits per heavy atom. The summed E-state index contributed by atoms with van der Waals surface area (Å²) in [6, 6.07) is 8.85. The molecule has 0 atom stereocenters. The Hall–Kier alpha value is -2.14. The quantitative estimate of drug-likeness (QED) is 0.682. The molecule has 2 rings (SSSR count). The molecule has 0 unspecified atom stereocenters. The number of carbonyl (C=O) groups excluding carboxylic acids is 2. The molecule has 5 heteroatoms. The molecule has 1 aliphatic rings. The summed E-state index contributed by atoms with van der Waals surface area (Å²) in [6.07, 6.45) is 3.04. The van der Waals surface area contributed by atoms with Gasteiger partial charge in [-0.2, -0.15) is 0 Å². The lowest BCUT2D eigenvalue weighted by atomic mass is 10.1. The average Bonchev–Trinajstić information content (AvgIpc) is 2.52. The van der Waals surface area contributed by atoms with E-state index in [-0.39, 0.29) is 18.4 Å². The van der Waals surface area contributed by atoms with E-state index < -0.39 is 0 Å². The van der Waals surface area contributed by atoms with Gasteiger partial charge in [0.15, 0.2) is 0 Å². The molecule has 20 heavy (non-hydrogen) atoms. The van der Waals surface area contributed by atoms with Crippen molar-refractivity contribution in [2.75, 3.05) is 26.2 Å². The lowest BCUT2D eigenvalue weighted by molar-refractivity contribution is -0.119. The third-order valence-electron chi connectivity index (χ3n) is 3.12. The Morgan fingerprint density at radius 3 is 2.65 bits per heavy atom. The first kappa shape index (κ1) is 14.3. The molecule has 1 aliphatic heterocycles. The van der Waals surface area contributed by atoms with E-state index in [0.29, 0.717) is 12.1 Å². The van der Waals surface area contributed by atoms with Crippen LogP contribution in [0.2, 0.25) is 0 Å². The molecular formula is C15H19N3O2. The Balaban J connectivity index is 1.70. The van der Waals surface area contributed by atoms with E-state index in [1.807, 2.05) is 6.07 Å². The van der Waals surface area contributed by atoms with Crippen LogP contribution in [0.25, 0.3) is 0 Å². The summed E-state index contributed by atoms with van der Waals surface area (Å²) in [5.74, 6) is -0.407. The van der Waals surface area contributed by atoms with Crippen LogP contribution in [0, 0.1) is 0 Å². The molecule has 0 saturated carbocycles. The Bertz CT molecular complexity index is 497. The van der Waals surface area contributed by atoms with Gasteiger partial charge in [-0.25, -0.2) is 0 Å². The van der Waals surface area contributed by atoms with E-state index in [1.165, 1.54) is 5.57 Å². The first-order valence-electron chi connectivity index (χ1n) is 6.74. The first-order valence-corrected chi connectivity index (χ1v) is 6.74. The Labute approximate surface area is 118 Å². The van der Waals surface area contributed by atoms with Gasteiger partial charge in [0.25, 0.3) is 5.91 Å². The second-order valence-electron chi connectivity index (χ2n) is 4.64. The number of nitrogens with one attached hydrogen (secondary N) is 3. The number of amides is 2. The van der Waals surface area contributed by atoms with Crippen LogP contribution in [0.3, 0.4) is 0 Å². The second kappa shape index (κ2) is 7.45. The highest BCUT2D eigenvalue weighted by Crippen LogP contribution is 2.01. The molecular weight excluding hydrogens is 254 g/mol. The van der Waals surface area contributed by atoms with Crippen molar-refractivity contribution >= 4 is 11.8 Å². The van der Waals surface area contributed by atoms with Gasteiger partial charge in [0.1, 0.15) is 0 Å². The van der Waals surface area contributed by atoms with Crippen LogP contribution in [0.1, 0.15) is 16.8 Å². The largest absolute Gasteiger partial charge is 0.351 e. The summed E-state index contributed by atoms with van der Waals surface area (Å²) in [4.78, 5) is 23.4. The number of benzene rings is 1. The van der Waals surface area contributed by atoms with Crippen LogP contribution in [-0.4, -0.2) is 38.0 Å². The third kappa shape index (κ3) is 4.51. The maximum absolute atomic E-state index is 11.7. The first-order chi connectivity index (χ1) is 9.75. The lowest BCUT2D eigenvalue weighted by Gasteiger charge is -2.14. The zero-order valence-electron chi connectivity index (χ0n) is 11.3. The van der Waals surface area contributed by atoms with Gasteiger partial charge < -0.3 is 16.0 Å². The molecule has 0 spiro atoms. The lowest BCUT2D eigenvalue weighted by Crippen LogP contribution is -2.38. The van der Waals surface area contributed by atoms with Gasteiger partial charge in [-0.3, -0.25) is 9.59 Å². The fraction of sp³-hybridized carbons (Fsp3) is 0.333. The van der Waals surface area contributed by atoms with Crippen LogP contribution in [-0.2, 0) is 4.79 Å². The fourth-order valence-electron chi connectivity index (χ4n) is 1.96. The monoisotopic (exact) mass is 273 g/mol. The average molecular weight is 273 g/mol. The maximum Gasteiger partial charge on any atom is 0.251 e. The van der Waals surface area contributed by atoms with Gasteiger partial charge in [-0.05, 0) is 25.1 Å². The highest BCUT2D eigenvalue weighted by molar-refractivity contribution is 5.96. The van der Waals surface area contributed by atoms with Gasteiger partial charge in [0.05, 0.1) is 6.54 Å². The normalized spacial score (nSPS) is 14.3. The van der Waals surface area contributed by atoms with Crippen LogP contribution in [0.15, 0.2) is 42.0 Å². The van der Waals surface area contributed by atoms with Crippen LogP contribution in [0.4, 0.5) is 0 Å². The summed E-state index contributed by atoms with van der Waals surface area (Å²) in [7, 11) is 0. The number of hydrogen-bond acceptors (Lipinski definition) is 3. The van der Waals surface area contributed by atoms with Crippen molar-refractivity contribution in [3.63, 3.8) is 0 Å². The maximum atomic E-state index is 11.7.